The van der Waals surface area contributed by atoms with Gasteiger partial charge in [-0.2, -0.15) is 0 Å². The second kappa shape index (κ2) is 10.9. The highest BCUT2D eigenvalue weighted by atomic mass is 16.6. The number of aliphatic hydroxyl groups is 1. The van der Waals surface area contributed by atoms with Crippen molar-refractivity contribution in [1.82, 2.24) is 19.5 Å². The van der Waals surface area contributed by atoms with Gasteiger partial charge in [-0.3, -0.25) is 28.6 Å². The van der Waals surface area contributed by atoms with E-state index in [0.717, 1.165) is 26.3 Å². The minimum atomic E-state index is -1.66. The van der Waals surface area contributed by atoms with Crippen molar-refractivity contribution in [2.24, 2.45) is 0 Å². The first-order valence-electron chi connectivity index (χ1n) is 11.2. The number of ketones is 1. The zero-order chi connectivity index (χ0) is 26.7. The van der Waals surface area contributed by atoms with Crippen molar-refractivity contribution < 1.29 is 38.5 Å². The van der Waals surface area contributed by atoms with Gasteiger partial charge < -0.3 is 19.3 Å². The van der Waals surface area contributed by atoms with Gasteiger partial charge in [0.2, 0.25) is 5.91 Å². The van der Waals surface area contributed by atoms with Crippen LogP contribution in [0.3, 0.4) is 0 Å². The molecular formula is C23H29N5O8. The third-order valence-corrected chi connectivity index (χ3v) is 5.49. The lowest BCUT2D eigenvalue weighted by atomic mass is 10.0. The number of amides is 1. The number of hydrogen-bond acceptors (Lipinski definition) is 11. The molecule has 5 atom stereocenters. The molecule has 2 aromatic heterocycles. The molecule has 1 saturated heterocycles. The van der Waals surface area contributed by atoms with Crippen LogP contribution in [-0.2, 0) is 33.4 Å². The van der Waals surface area contributed by atoms with Gasteiger partial charge in [0.15, 0.2) is 41.2 Å². The Morgan fingerprint density at radius 3 is 2.25 bits per heavy atom. The number of ether oxygens (including phenoxy) is 3. The zero-order valence-corrected chi connectivity index (χ0v) is 20.9. The van der Waals surface area contributed by atoms with Crippen LogP contribution in [0, 0.1) is 0 Å². The number of aliphatic hydroxyl groups excluding tert-OH is 1. The summed E-state index contributed by atoms with van der Waals surface area (Å²) in [6.07, 6.45) is -2.24. The molecule has 0 radical (unpaired) electrons. The number of carbonyl (C=O) groups excluding carboxylic acids is 4. The Morgan fingerprint density at radius 2 is 1.69 bits per heavy atom. The fraction of sp³-hybridized carbons (Fsp3) is 0.522. The Labute approximate surface area is 207 Å². The largest absolute Gasteiger partial charge is 0.455 e. The van der Waals surface area contributed by atoms with E-state index >= 15 is 0 Å². The molecule has 0 aromatic carbocycles. The maximum atomic E-state index is 12.4. The average molecular weight is 504 g/mol. The number of allylic oxidation sites excluding steroid dienone is 1. The molecule has 0 saturated carbocycles. The molecule has 13 heteroatoms. The molecule has 1 unspecified atom stereocenters. The zero-order valence-electron chi connectivity index (χ0n) is 20.9. The fourth-order valence-electron chi connectivity index (χ4n) is 3.88. The summed E-state index contributed by atoms with van der Waals surface area (Å²) >= 11 is 0. The van der Waals surface area contributed by atoms with E-state index in [9.17, 15) is 24.3 Å². The standard InChI is InChI=1S/C23H29N5O8/c1-11(2)7-8-27(13(4)30)21-16-22(25-9-24-21)28(10-26-16)23-20(35-15(6)32)19(34-14(5)31)18(36-23)17(33)12(3)29/h7,9-10,17-20,23,33H,8H2,1-6H3/t17?,18-,19-,20-,23-/m1/s1. The van der Waals surface area contributed by atoms with Gasteiger partial charge in [-0.25, -0.2) is 15.0 Å². The summed E-state index contributed by atoms with van der Waals surface area (Å²) in [7, 11) is 0. The Kier molecular flexibility index (Phi) is 8.15. The Bertz CT molecular complexity index is 1200. The maximum absolute atomic E-state index is 12.4. The average Bonchev–Trinajstić information content (AvgIpc) is 3.34. The first-order chi connectivity index (χ1) is 16.9. The van der Waals surface area contributed by atoms with Crippen LogP contribution >= 0.6 is 0 Å². The van der Waals surface area contributed by atoms with Gasteiger partial charge in [0.1, 0.15) is 18.5 Å². The molecule has 0 spiro atoms. The van der Waals surface area contributed by atoms with Crippen LogP contribution in [0.15, 0.2) is 24.3 Å². The van der Waals surface area contributed by atoms with E-state index in [4.69, 9.17) is 14.2 Å². The monoisotopic (exact) mass is 503 g/mol. The van der Waals surface area contributed by atoms with Gasteiger partial charge in [0.25, 0.3) is 0 Å². The van der Waals surface area contributed by atoms with Crippen molar-refractivity contribution in [3.8, 4) is 0 Å². The topological polar surface area (TPSA) is 163 Å². The SMILES string of the molecule is CC(=O)O[C@@H]1[C@H](OC(C)=O)[C@@H](C(O)C(C)=O)O[C@H]1n1cnc2c(N(CC=C(C)C)C(C)=O)ncnc21. The van der Waals surface area contributed by atoms with Crippen molar-refractivity contribution in [3.05, 3.63) is 24.3 Å². The van der Waals surface area contributed by atoms with Crippen LogP contribution in [0.4, 0.5) is 5.82 Å². The summed E-state index contributed by atoms with van der Waals surface area (Å²) in [6, 6.07) is 0. The lowest BCUT2D eigenvalue weighted by Crippen LogP contribution is -2.45. The molecule has 1 amide bonds. The normalized spacial score (nSPS) is 22.1. The van der Waals surface area contributed by atoms with Crippen LogP contribution < -0.4 is 4.90 Å². The molecule has 0 aliphatic carbocycles. The highest BCUT2D eigenvalue weighted by Gasteiger charge is 2.54. The summed E-state index contributed by atoms with van der Waals surface area (Å²) in [5.41, 5.74) is 1.50. The third kappa shape index (κ3) is 5.57. The summed E-state index contributed by atoms with van der Waals surface area (Å²) in [5.74, 6) is -2.07. The van der Waals surface area contributed by atoms with Crippen LogP contribution in [0.1, 0.15) is 47.8 Å². The molecule has 0 bridgehead atoms. The van der Waals surface area contributed by atoms with Crippen molar-refractivity contribution in [2.45, 2.75) is 72.2 Å². The van der Waals surface area contributed by atoms with Crippen molar-refractivity contribution in [3.63, 3.8) is 0 Å². The number of fused-ring (bicyclic) bond motifs is 1. The predicted octanol–water partition coefficient (Wildman–Crippen LogP) is 0.856. The highest BCUT2D eigenvalue weighted by molar-refractivity contribution is 5.97. The van der Waals surface area contributed by atoms with E-state index in [1.165, 1.54) is 29.0 Å². The Balaban J connectivity index is 2.12. The molecular weight excluding hydrogens is 474 g/mol. The van der Waals surface area contributed by atoms with E-state index in [1.807, 2.05) is 19.9 Å². The minimum Gasteiger partial charge on any atom is -0.455 e. The molecule has 1 N–H and O–H groups in total. The van der Waals surface area contributed by atoms with Gasteiger partial charge in [0, 0.05) is 27.3 Å². The van der Waals surface area contributed by atoms with Crippen LogP contribution in [0.25, 0.3) is 11.2 Å². The summed E-state index contributed by atoms with van der Waals surface area (Å²) in [6.45, 7) is 8.93. The molecule has 3 rings (SSSR count). The fourth-order valence-corrected chi connectivity index (χ4v) is 3.88. The van der Waals surface area contributed by atoms with Gasteiger partial charge in [0.05, 0.1) is 6.33 Å². The molecule has 13 nitrogen and oxygen atoms in total. The molecule has 1 aliphatic rings. The minimum absolute atomic E-state index is 0.227. The number of hydrogen-bond donors (Lipinski definition) is 1. The van der Waals surface area contributed by atoms with Gasteiger partial charge in [-0.15, -0.1) is 0 Å². The van der Waals surface area contributed by atoms with Gasteiger partial charge in [-0.05, 0) is 20.8 Å². The molecule has 3 heterocycles. The van der Waals surface area contributed by atoms with E-state index in [-0.39, 0.29) is 29.4 Å². The first kappa shape index (κ1) is 26.9. The highest BCUT2D eigenvalue weighted by Crippen LogP contribution is 2.37. The first-order valence-corrected chi connectivity index (χ1v) is 11.2. The maximum Gasteiger partial charge on any atom is 0.303 e. The predicted molar refractivity (Wildman–Crippen MR) is 124 cm³/mol. The summed E-state index contributed by atoms with van der Waals surface area (Å²) in [4.78, 5) is 62.3. The lowest BCUT2D eigenvalue weighted by molar-refractivity contribution is -0.167. The van der Waals surface area contributed by atoms with Gasteiger partial charge in [-0.1, -0.05) is 11.6 Å². The summed E-state index contributed by atoms with van der Waals surface area (Å²) < 4.78 is 18.1. The van der Waals surface area contributed by atoms with Crippen molar-refractivity contribution in [2.75, 3.05) is 11.4 Å². The van der Waals surface area contributed by atoms with E-state index in [2.05, 4.69) is 15.0 Å². The molecule has 2 aromatic rings. The molecule has 1 fully saturated rings. The number of esters is 2. The number of imidazole rings is 1. The van der Waals surface area contributed by atoms with Gasteiger partial charge >= 0.3 is 11.9 Å². The van der Waals surface area contributed by atoms with E-state index < -0.39 is 48.4 Å². The quantitative estimate of drug-likeness (QED) is 0.401. The third-order valence-electron chi connectivity index (χ3n) is 5.49. The van der Waals surface area contributed by atoms with Crippen molar-refractivity contribution >= 4 is 40.6 Å². The molecule has 194 valence electrons. The number of Topliss-reactive ketones (excluding diaryl/α,β-unsaturated/α-hetero) is 1. The number of anilines is 1. The van der Waals surface area contributed by atoms with E-state index in [1.54, 1.807) is 0 Å². The number of aromatic nitrogens is 4. The molecule has 36 heavy (non-hydrogen) atoms. The smallest absolute Gasteiger partial charge is 0.303 e. The van der Waals surface area contributed by atoms with E-state index in [0.29, 0.717) is 0 Å². The second-order valence-corrected chi connectivity index (χ2v) is 8.63. The second-order valence-electron chi connectivity index (χ2n) is 8.63. The summed E-state index contributed by atoms with van der Waals surface area (Å²) in [5, 5.41) is 10.5. The Hall–Kier alpha value is -3.71. The number of nitrogens with zero attached hydrogens (tertiary/aromatic N) is 5. The lowest BCUT2D eigenvalue weighted by Gasteiger charge is -2.24. The number of rotatable bonds is 8. The van der Waals surface area contributed by atoms with Crippen molar-refractivity contribution in [1.29, 1.82) is 0 Å². The Morgan fingerprint density at radius 1 is 1.06 bits per heavy atom. The molecule has 1 aliphatic heterocycles. The van der Waals surface area contributed by atoms with Crippen LogP contribution in [0.2, 0.25) is 0 Å². The number of carbonyl (C=O) groups is 4. The van der Waals surface area contributed by atoms with Crippen LogP contribution in [-0.4, -0.2) is 79.2 Å². The van der Waals surface area contributed by atoms with Crippen LogP contribution in [0.5, 0.6) is 0 Å².